The third kappa shape index (κ3) is 4.70. The van der Waals surface area contributed by atoms with Gasteiger partial charge in [-0.15, -0.1) is 0 Å². The Kier molecular flexibility index (Phi) is 5.87. The highest BCUT2D eigenvalue weighted by molar-refractivity contribution is 8.13. The first kappa shape index (κ1) is 19.5. The molecule has 7 heteroatoms. The topological polar surface area (TPSA) is 67.5 Å². The third-order valence-corrected chi connectivity index (χ3v) is 5.50. The van der Waals surface area contributed by atoms with Gasteiger partial charge in [-0.3, -0.25) is 9.79 Å². The van der Waals surface area contributed by atoms with E-state index < -0.39 is 17.3 Å². The van der Waals surface area contributed by atoms with Gasteiger partial charge in [0.1, 0.15) is 5.82 Å². The number of anilines is 1. The molecule has 0 aliphatic carbocycles. The lowest BCUT2D eigenvalue weighted by Gasteiger charge is -2.30. The van der Waals surface area contributed by atoms with Crippen LogP contribution in [0, 0.1) is 5.82 Å². The predicted molar refractivity (Wildman–Crippen MR) is 112 cm³/mol. The highest BCUT2D eigenvalue weighted by atomic mass is 35.5. The predicted octanol–water partition coefficient (Wildman–Crippen LogP) is 4.80. The zero-order chi connectivity index (χ0) is 19.4. The van der Waals surface area contributed by atoms with Crippen LogP contribution in [0.4, 0.5) is 10.1 Å². The van der Waals surface area contributed by atoms with Gasteiger partial charge < -0.3 is 11.1 Å². The molecule has 0 spiro atoms. The number of carbonyl (C=O) groups is 1. The van der Waals surface area contributed by atoms with Crippen LogP contribution in [0.5, 0.6) is 0 Å². The molecule has 0 radical (unpaired) electrons. The zero-order valence-corrected chi connectivity index (χ0v) is 16.3. The molecule has 0 bridgehead atoms. The van der Waals surface area contributed by atoms with E-state index in [0.717, 1.165) is 17.7 Å². The minimum Gasteiger partial charge on any atom is -0.379 e. The molecule has 4 nitrogen and oxygen atoms in total. The van der Waals surface area contributed by atoms with Crippen molar-refractivity contribution in [2.45, 2.75) is 18.9 Å². The minimum atomic E-state index is -0.532. The van der Waals surface area contributed by atoms with Crippen molar-refractivity contribution < 1.29 is 9.18 Å². The summed E-state index contributed by atoms with van der Waals surface area (Å²) in [5.41, 5.74) is 6.94. The van der Waals surface area contributed by atoms with Gasteiger partial charge >= 0.3 is 0 Å². The molecule has 1 atom stereocenters. The van der Waals surface area contributed by atoms with Gasteiger partial charge in [-0.2, -0.15) is 0 Å². The number of nitrogens with one attached hydrogen (secondary N) is 1. The molecule has 1 aliphatic heterocycles. The summed E-state index contributed by atoms with van der Waals surface area (Å²) in [7, 11) is 0. The van der Waals surface area contributed by atoms with Crippen molar-refractivity contribution >= 4 is 46.2 Å². The summed E-state index contributed by atoms with van der Waals surface area (Å²) >= 11 is 7.56. The summed E-state index contributed by atoms with van der Waals surface area (Å²) in [5.74, 6) is -0.117. The molecule has 140 valence electrons. The second-order valence-corrected chi connectivity index (χ2v) is 7.88. The standard InChI is InChI=1S/C20H19ClFN3OS/c1-20(10-11-27-19(23)25-20)14-7-8-16(22)17(12-14)24-18(26)9-6-13-4-2-3-5-15(13)21/h2-9,12H,10-11H2,1H3,(H2,23,25)(H,24,26)/b9-6+. The molecule has 3 rings (SSSR count). The van der Waals surface area contributed by atoms with E-state index in [-0.39, 0.29) is 5.69 Å². The summed E-state index contributed by atoms with van der Waals surface area (Å²) in [6.45, 7) is 1.95. The first-order valence-corrected chi connectivity index (χ1v) is 9.75. The number of aliphatic imine (C=N–C) groups is 1. The highest BCUT2D eigenvalue weighted by Crippen LogP contribution is 2.36. The van der Waals surface area contributed by atoms with Gasteiger partial charge in [-0.1, -0.05) is 47.6 Å². The van der Waals surface area contributed by atoms with Crippen LogP contribution in [0.1, 0.15) is 24.5 Å². The summed E-state index contributed by atoms with van der Waals surface area (Å²) in [6, 6.07) is 11.8. The fourth-order valence-electron chi connectivity index (χ4n) is 2.80. The van der Waals surface area contributed by atoms with E-state index in [1.54, 1.807) is 36.4 Å². The average molecular weight is 404 g/mol. The largest absolute Gasteiger partial charge is 0.379 e. The highest BCUT2D eigenvalue weighted by Gasteiger charge is 2.30. The van der Waals surface area contributed by atoms with E-state index in [0.29, 0.717) is 15.8 Å². The minimum absolute atomic E-state index is 0.106. The first-order chi connectivity index (χ1) is 12.9. The van der Waals surface area contributed by atoms with Gasteiger partial charge in [0.15, 0.2) is 5.17 Å². The van der Waals surface area contributed by atoms with Crippen LogP contribution in [-0.2, 0) is 10.3 Å². The smallest absolute Gasteiger partial charge is 0.248 e. The Balaban J connectivity index is 1.80. The van der Waals surface area contributed by atoms with Gasteiger partial charge in [-0.05, 0) is 48.7 Å². The molecule has 0 saturated carbocycles. The van der Waals surface area contributed by atoms with Crippen LogP contribution >= 0.6 is 23.4 Å². The molecule has 0 aromatic heterocycles. The number of hydrogen-bond acceptors (Lipinski definition) is 4. The van der Waals surface area contributed by atoms with Gasteiger partial charge in [0, 0.05) is 16.9 Å². The quantitative estimate of drug-likeness (QED) is 0.720. The van der Waals surface area contributed by atoms with E-state index >= 15 is 0 Å². The lowest BCUT2D eigenvalue weighted by molar-refractivity contribution is -0.111. The van der Waals surface area contributed by atoms with Gasteiger partial charge in [0.25, 0.3) is 0 Å². The Morgan fingerprint density at radius 1 is 1.37 bits per heavy atom. The number of benzene rings is 2. The number of amidine groups is 1. The molecular weight excluding hydrogens is 385 g/mol. The Bertz CT molecular complexity index is 931. The second-order valence-electron chi connectivity index (χ2n) is 6.36. The normalized spacial score (nSPS) is 19.7. The number of nitrogens with two attached hydrogens (primary N) is 1. The lowest BCUT2D eigenvalue weighted by Crippen LogP contribution is -2.29. The van der Waals surface area contributed by atoms with E-state index in [1.807, 2.05) is 13.0 Å². The van der Waals surface area contributed by atoms with Crippen molar-refractivity contribution in [2.75, 3.05) is 11.1 Å². The first-order valence-electron chi connectivity index (χ1n) is 8.39. The molecule has 2 aromatic carbocycles. The molecule has 0 fully saturated rings. The van der Waals surface area contributed by atoms with Crippen LogP contribution in [0.25, 0.3) is 6.08 Å². The van der Waals surface area contributed by atoms with Crippen LogP contribution in [-0.4, -0.2) is 16.8 Å². The maximum absolute atomic E-state index is 14.2. The maximum atomic E-state index is 14.2. The van der Waals surface area contributed by atoms with Crippen molar-refractivity contribution in [3.63, 3.8) is 0 Å². The molecule has 1 amide bonds. The molecule has 1 unspecified atom stereocenters. The van der Waals surface area contributed by atoms with E-state index in [4.69, 9.17) is 17.3 Å². The van der Waals surface area contributed by atoms with Crippen LogP contribution in [0.15, 0.2) is 53.5 Å². The number of halogens is 2. The number of nitrogens with zero attached hydrogens (tertiary/aromatic N) is 1. The number of rotatable bonds is 4. The summed E-state index contributed by atoms with van der Waals surface area (Å²) < 4.78 is 14.2. The number of carbonyl (C=O) groups excluding carboxylic acids is 1. The fraction of sp³-hybridized carbons (Fsp3) is 0.200. The Morgan fingerprint density at radius 3 is 2.89 bits per heavy atom. The Hall–Kier alpha value is -2.31. The van der Waals surface area contributed by atoms with Crippen molar-refractivity contribution in [3.05, 3.63) is 70.5 Å². The molecule has 1 heterocycles. The zero-order valence-electron chi connectivity index (χ0n) is 14.7. The molecule has 1 aliphatic rings. The van der Waals surface area contributed by atoms with Gasteiger partial charge in [-0.25, -0.2) is 4.39 Å². The van der Waals surface area contributed by atoms with Gasteiger partial charge in [0.05, 0.1) is 11.2 Å². The number of thioether (sulfide) groups is 1. The summed E-state index contributed by atoms with van der Waals surface area (Å²) in [4.78, 5) is 16.7. The summed E-state index contributed by atoms with van der Waals surface area (Å²) in [6.07, 6.45) is 3.69. The van der Waals surface area contributed by atoms with E-state index in [9.17, 15) is 9.18 Å². The Labute approximate surface area is 166 Å². The molecule has 2 aromatic rings. The third-order valence-electron chi connectivity index (χ3n) is 4.36. The molecule has 27 heavy (non-hydrogen) atoms. The van der Waals surface area contributed by atoms with Crippen molar-refractivity contribution in [2.24, 2.45) is 10.7 Å². The SMILES string of the molecule is CC1(c2ccc(F)c(NC(=O)/C=C/c3ccccc3Cl)c2)CCSC(N)=N1. The van der Waals surface area contributed by atoms with Crippen LogP contribution < -0.4 is 11.1 Å². The van der Waals surface area contributed by atoms with Crippen LogP contribution in [0.3, 0.4) is 0 Å². The van der Waals surface area contributed by atoms with E-state index in [2.05, 4.69) is 10.3 Å². The summed E-state index contributed by atoms with van der Waals surface area (Å²) in [5, 5.41) is 3.63. The number of amides is 1. The maximum Gasteiger partial charge on any atom is 0.248 e. The lowest BCUT2D eigenvalue weighted by atomic mass is 9.89. The Morgan fingerprint density at radius 2 is 2.15 bits per heavy atom. The van der Waals surface area contributed by atoms with Gasteiger partial charge in [0.2, 0.25) is 5.91 Å². The average Bonchev–Trinajstić information content (AvgIpc) is 2.62. The van der Waals surface area contributed by atoms with E-state index in [1.165, 1.54) is 23.9 Å². The molecule has 0 saturated heterocycles. The van der Waals surface area contributed by atoms with Crippen molar-refractivity contribution in [3.8, 4) is 0 Å². The molecule has 3 N–H and O–H groups in total. The molecular formula is C20H19ClFN3OS. The second kappa shape index (κ2) is 8.15. The fourth-order valence-corrected chi connectivity index (χ4v) is 3.97. The number of hydrogen-bond donors (Lipinski definition) is 2. The monoisotopic (exact) mass is 403 g/mol. The van der Waals surface area contributed by atoms with Crippen LogP contribution in [0.2, 0.25) is 5.02 Å². The van der Waals surface area contributed by atoms with Crippen molar-refractivity contribution in [1.29, 1.82) is 0 Å². The van der Waals surface area contributed by atoms with Crippen molar-refractivity contribution in [1.82, 2.24) is 0 Å².